The SMILES string of the molecule is CC[C@H](C)C([C@@H](CC(=O)N1CCC[C@H]1[C@H](OC)[C@@H](C)C(=O)N[C@H](C)Cc1ccccc1)OC)N(C)C(=O)[C@@H](NC(=O)C(C(C)C)N(C)C)C(C)C. The minimum absolute atomic E-state index is 0.00749. The molecule has 1 aromatic carbocycles. The number of likely N-dealkylation sites (N-methyl/N-ethyl adjacent to an activating group) is 2. The first-order valence-corrected chi connectivity index (χ1v) is 18.9. The van der Waals surface area contributed by atoms with Crippen molar-refractivity contribution in [1.29, 1.82) is 0 Å². The molecule has 2 N–H and O–H groups in total. The molecule has 0 radical (unpaired) electrons. The van der Waals surface area contributed by atoms with Crippen molar-refractivity contribution in [2.45, 2.75) is 130 Å². The van der Waals surface area contributed by atoms with E-state index >= 15 is 0 Å². The summed E-state index contributed by atoms with van der Waals surface area (Å²) >= 11 is 0. The second-order valence-electron chi connectivity index (χ2n) is 15.6. The van der Waals surface area contributed by atoms with Gasteiger partial charge in [-0.2, -0.15) is 0 Å². The summed E-state index contributed by atoms with van der Waals surface area (Å²) in [5.41, 5.74) is 1.15. The van der Waals surface area contributed by atoms with Gasteiger partial charge in [-0.15, -0.1) is 0 Å². The van der Waals surface area contributed by atoms with Crippen molar-refractivity contribution in [3.63, 3.8) is 0 Å². The molecule has 0 saturated carbocycles. The lowest BCUT2D eigenvalue weighted by molar-refractivity contribution is -0.148. The van der Waals surface area contributed by atoms with Crippen LogP contribution in [0.15, 0.2) is 30.3 Å². The Bertz CT molecular complexity index is 1230. The summed E-state index contributed by atoms with van der Waals surface area (Å²) in [6.45, 7) is 16.4. The zero-order chi connectivity index (χ0) is 38.6. The number of carbonyl (C=O) groups is 4. The molecule has 1 fully saturated rings. The lowest BCUT2D eigenvalue weighted by Gasteiger charge is -2.41. The van der Waals surface area contributed by atoms with Crippen molar-refractivity contribution >= 4 is 23.6 Å². The van der Waals surface area contributed by atoms with Gasteiger partial charge in [-0.1, -0.05) is 85.2 Å². The van der Waals surface area contributed by atoms with Crippen molar-refractivity contribution in [1.82, 2.24) is 25.3 Å². The highest BCUT2D eigenvalue weighted by Gasteiger charge is 2.43. The number of ether oxygens (including phenoxy) is 2. The van der Waals surface area contributed by atoms with Crippen molar-refractivity contribution in [3.05, 3.63) is 35.9 Å². The fraction of sp³-hybridized carbons (Fsp3) is 0.750. The maximum atomic E-state index is 14.2. The van der Waals surface area contributed by atoms with Gasteiger partial charge >= 0.3 is 0 Å². The number of hydrogen-bond acceptors (Lipinski definition) is 7. The van der Waals surface area contributed by atoms with Crippen LogP contribution in [0.4, 0.5) is 0 Å². The molecule has 1 aromatic rings. The number of nitrogens with one attached hydrogen (secondary N) is 2. The normalized spacial score (nSPS) is 19.6. The molecule has 4 amide bonds. The van der Waals surface area contributed by atoms with Gasteiger partial charge in [0.15, 0.2) is 0 Å². The van der Waals surface area contributed by atoms with E-state index in [9.17, 15) is 19.2 Å². The summed E-state index contributed by atoms with van der Waals surface area (Å²) in [5, 5.41) is 6.19. The number of rotatable bonds is 20. The zero-order valence-electron chi connectivity index (χ0n) is 33.8. The van der Waals surface area contributed by atoms with Crippen LogP contribution in [0.1, 0.15) is 86.6 Å². The van der Waals surface area contributed by atoms with E-state index in [0.29, 0.717) is 6.54 Å². The summed E-state index contributed by atoms with van der Waals surface area (Å²) in [5.74, 6) is -1.16. The summed E-state index contributed by atoms with van der Waals surface area (Å²) in [7, 11) is 8.67. The molecule has 0 bridgehead atoms. The Labute approximate surface area is 308 Å². The van der Waals surface area contributed by atoms with Gasteiger partial charge in [0, 0.05) is 33.9 Å². The van der Waals surface area contributed by atoms with Crippen LogP contribution < -0.4 is 10.6 Å². The van der Waals surface area contributed by atoms with Crippen molar-refractivity contribution < 1.29 is 28.7 Å². The Morgan fingerprint density at radius 1 is 0.882 bits per heavy atom. The second kappa shape index (κ2) is 20.9. The predicted molar refractivity (Wildman–Crippen MR) is 203 cm³/mol. The van der Waals surface area contributed by atoms with Gasteiger partial charge in [0.05, 0.1) is 42.7 Å². The molecule has 1 saturated heterocycles. The van der Waals surface area contributed by atoms with Gasteiger partial charge in [0.1, 0.15) is 6.04 Å². The third kappa shape index (κ3) is 12.0. The first-order valence-electron chi connectivity index (χ1n) is 18.9. The molecule has 11 heteroatoms. The maximum absolute atomic E-state index is 14.2. The molecular formula is C40H69N5O6. The predicted octanol–water partition coefficient (Wildman–Crippen LogP) is 4.38. The fourth-order valence-electron chi connectivity index (χ4n) is 7.80. The van der Waals surface area contributed by atoms with E-state index in [4.69, 9.17) is 9.47 Å². The first-order chi connectivity index (χ1) is 24.0. The summed E-state index contributed by atoms with van der Waals surface area (Å²) < 4.78 is 12.0. The van der Waals surface area contributed by atoms with Crippen molar-refractivity contribution in [2.75, 3.05) is 41.9 Å². The average Bonchev–Trinajstić information content (AvgIpc) is 3.56. The lowest BCUT2D eigenvalue weighted by atomic mass is 9.89. The average molecular weight is 716 g/mol. The van der Waals surface area contributed by atoms with Gasteiger partial charge in [-0.25, -0.2) is 0 Å². The summed E-state index contributed by atoms with van der Waals surface area (Å²) in [6.07, 6.45) is 2.01. The highest BCUT2D eigenvalue weighted by molar-refractivity contribution is 5.90. The van der Waals surface area contributed by atoms with E-state index < -0.39 is 30.2 Å². The van der Waals surface area contributed by atoms with Crippen LogP contribution in [-0.4, -0.2) is 123 Å². The largest absolute Gasteiger partial charge is 0.379 e. The van der Waals surface area contributed by atoms with E-state index in [1.165, 1.54) is 0 Å². The molecule has 290 valence electrons. The number of benzene rings is 1. The lowest BCUT2D eigenvalue weighted by Crippen LogP contribution is -2.59. The van der Waals surface area contributed by atoms with Crippen LogP contribution in [0.3, 0.4) is 0 Å². The molecule has 1 heterocycles. The third-order valence-corrected chi connectivity index (χ3v) is 10.7. The first kappa shape index (κ1) is 44.1. The standard InChI is InChI=1S/C40H69N5O6/c1-14-27(6)36(44(11)40(49)34(25(2)3)42-39(48)35(26(4)5)43(9)10)32(50-12)24-33(46)45-22-18-21-31(45)37(51-13)29(8)38(47)41-28(7)23-30-19-16-15-17-20-30/h15-17,19-20,25-29,31-32,34-37H,14,18,21-24H2,1-13H3,(H,41,47)(H,42,48)/t27-,28+,29+,31-,32+,34-,35?,36?,37+/m0/s1. The van der Waals surface area contributed by atoms with Crippen LogP contribution >= 0.6 is 0 Å². The molecule has 1 aliphatic rings. The minimum atomic E-state index is -0.739. The maximum Gasteiger partial charge on any atom is 0.245 e. The number of methoxy groups -OCH3 is 2. The molecule has 2 rings (SSSR count). The molecular weight excluding hydrogens is 646 g/mol. The zero-order valence-corrected chi connectivity index (χ0v) is 33.8. The van der Waals surface area contributed by atoms with Gasteiger partial charge < -0.3 is 29.9 Å². The second-order valence-corrected chi connectivity index (χ2v) is 15.6. The Kier molecular flexibility index (Phi) is 18.1. The van der Waals surface area contributed by atoms with Crippen molar-refractivity contribution in [3.8, 4) is 0 Å². The van der Waals surface area contributed by atoms with Gasteiger partial charge in [-0.05, 0) is 63.6 Å². The molecule has 1 aliphatic heterocycles. The smallest absolute Gasteiger partial charge is 0.245 e. The molecule has 0 aromatic heterocycles. The Hall–Kier alpha value is -3.02. The van der Waals surface area contributed by atoms with Crippen LogP contribution in [0.25, 0.3) is 0 Å². The Balaban J connectivity index is 2.23. The van der Waals surface area contributed by atoms with Crippen LogP contribution in [0.2, 0.25) is 0 Å². The third-order valence-electron chi connectivity index (χ3n) is 10.7. The molecule has 51 heavy (non-hydrogen) atoms. The van der Waals surface area contributed by atoms with Gasteiger partial charge in [0.25, 0.3) is 0 Å². The van der Waals surface area contributed by atoms with Crippen LogP contribution in [0.5, 0.6) is 0 Å². The Morgan fingerprint density at radius 3 is 2.02 bits per heavy atom. The number of hydrogen-bond donors (Lipinski definition) is 2. The molecule has 9 atom stereocenters. The Morgan fingerprint density at radius 2 is 1.51 bits per heavy atom. The summed E-state index contributed by atoms with van der Waals surface area (Å²) in [4.78, 5) is 60.6. The van der Waals surface area contributed by atoms with Crippen LogP contribution in [0, 0.1) is 23.7 Å². The topological polar surface area (TPSA) is 121 Å². The van der Waals surface area contributed by atoms with Crippen LogP contribution in [-0.2, 0) is 35.1 Å². The number of nitrogens with zero attached hydrogens (tertiary/aromatic N) is 3. The van der Waals surface area contributed by atoms with E-state index in [-0.39, 0.29) is 65.9 Å². The van der Waals surface area contributed by atoms with E-state index in [2.05, 4.69) is 24.5 Å². The van der Waals surface area contributed by atoms with Crippen molar-refractivity contribution in [2.24, 2.45) is 23.7 Å². The number of amides is 4. The monoisotopic (exact) mass is 716 g/mol. The number of carbonyl (C=O) groups excluding carboxylic acids is 4. The number of likely N-dealkylation sites (tertiary alicyclic amines) is 1. The van der Waals surface area contributed by atoms with E-state index in [1.807, 2.05) is 95.8 Å². The molecule has 11 nitrogen and oxygen atoms in total. The van der Waals surface area contributed by atoms with E-state index in [0.717, 1.165) is 31.2 Å². The van der Waals surface area contributed by atoms with E-state index in [1.54, 1.807) is 26.2 Å². The van der Waals surface area contributed by atoms with Gasteiger partial charge in [-0.3, -0.25) is 24.1 Å². The minimum Gasteiger partial charge on any atom is -0.379 e. The van der Waals surface area contributed by atoms with Gasteiger partial charge in [0.2, 0.25) is 23.6 Å². The highest BCUT2D eigenvalue weighted by Crippen LogP contribution is 2.30. The molecule has 0 spiro atoms. The fourth-order valence-corrected chi connectivity index (χ4v) is 7.80. The molecule has 0 aliphatic carbocycles. The quantitative estimate of drug-likeness (QED) is 0.206. The highest BCUT2D eigenvalue weighted by atomic mass is 16.5. The summed E-state index contributed by atoms with van der Waals surface area (Å²) in [6, 6.07) is 8.19. The molecule has 2 unspecified atom stereocenters.